The van der Waals surface area contributed by atoms with Gasteiger partial charge in [0.2, 0.25) is 0 Å². The summed E-state index contributed by atoms with van der Waals surface area (Å²) >= 11 is 0. The van der Waals surface area contributed by atoms with Crippen molar-refractivity contribution < 1.29 is 4.42 Å². The molecule has 0 aromatic carbocycles. The first kappa shape index (κ1) is 22.1. The summed E-state index contributed by atoms with van der Waals surface area (Å²) in [4.78, 5) is 11.8. The predicted octanol–water partition coefficient (Wildman–Crippen LogP) is 2.07. The van der Waals surface area contributed by atoms with Crippen LogP contribution in [-0.4, -0.2) is 63.9 Å². The lowest BCUT2D eigenvalue weighted by Gasteiger charge is -2.26. The monoisotopic (exact) mass is 513 g/mol. The van der Waals surface area contributed by atoms with Crippen LogP contribution < -0.4 is 10.6 Å². The molecule has 2 atom stereocenters. The Labute approximate surface area is 189 Å². The van der Waals surface area contributed by atoms with Crippen LogP contribution in [-0.2, 0) is 19.4 Å². The van der Waals surface area contributed by atoms with E-state index in [1.165, 1.54) is 19.4 Å². The highest BCUT2D eigenvalue weighted by Gasteiger charge is 2.24. The second kappa shape index (κ2) is 11.0. The largest absolute Gasteiger partial charge is 0.469 e. The summed E-state index contributed by atoms with van der Waals surface area (Å²) in [6.07, 6.45) is 8.72. The van der Waals surface area contributed by atoms with Crippen LogP contribution in [0.3, 0.4) is 0 Å². The summed E-state index contributed by atoms with van der Waals surface area (Å²) in [6.45, 7) is 7.00. The summed E-state index contributed by atoms with van der Waals surface area (Å²) in [5.41, 5.74) is 0. The van der Waals surface area contributed by atoms with E-state index in [1.54, 1.807) is 12.6 Å². The molecule has 9 heteroatoms. The number of halogens is 1. The van der Waals surface area contributed by atoms with Gasteiger partial charge in [0.15, 0.2) is 5.96 Å². The van der Waals surface area contributed by atoms with Gasteiger partial charge in [0.25, 0.3) is 0 Å². The number of rotatable bonds is 7. The average Bonchev–Trinajstić information content (AvgIpc) is 3.46. The van der Waals surface area contributed by atoms with Crippen LogP contribution in [0, 0.1) is 0 Å². The summed E-state index contributed by atoms with van der Waals surface area (Å²) in [5, 5.41) is 11.4. The van der Waals surface area contributed by atoms with Gasteiger partial charge in [-0.3, -0.25) is 9.89 Å². The molecule has 2 unspecified atom stereocenters. The molecule has 1 saturated heterocycles. The van der Waals surface area contributed by atoms with Crippen molar-refractivity contribution in [2.45, 2.75) is 57.7 Å². The van der Waals surface area contributed by atoms with Crippen molar-refractivity contribution in [3.63, 3.8) is 0 Å². The second-order valence-electron chi connectivity index (χ2n) is 7.61. The first-order valence-electron chi connectivity index (χ1n) is 10.5. The van der Waals surface area contributed by atoms with Crippen LogP contribution in [0.15, 0.2) is 34.1 Å². The van der Waals surface area contributed by atoms with E-state index in [9.17, 15) is 0 Å². The quantitative estimate of drug-likeness (QED) is 0.335. The van der Waals surface area contributed by atoms with E-state index >= 15 is 0 Å². The molecule has 160 valence electrons. The highest BCUT2D eigenvalue weighted by molar-refractivity contribution is 14.0. The molecular weight excluding hydrogens is 481 g/mol. The van der Waals surface area contributed by atoms with Crippen molar-refractivity contribution in [1.29, 1.82) is 0 Å². The van der Waals surface area contributed by atoms with Crippen molar-refractivity contribution in [3.05, 3.63) is 36.3 Å². The maximum absolute atomic E-state index is 5.44. The molecule has 0 spiro atoms. The van der Waals surface area contributed by atoms with Crippen molar-refractivity contribution in [2.75, 3.05) is 26.2 Å². The molecule has 0 amide bonds. The van der Waals surface area contributed by atoms with Gasteiger partial charge in [-0.1, -0.05) is 6.92 Å². The number of nitrogens with one attached hydrogen (secondary N) is 2. The molecule has 2 N–H and O–H groups in total. The average molecular weight is 513 g/mol. The van der Waals surface area contributed by atoms with E-state index in [1.807, 2.05) is 16.8 Å². The standard InChI is InChI=1S/C20H31N7O.HI/c1-2-26-11-3-5-17(26)13-22-20(21-10-9-18-6-4-12-28-18)25-16-7-8-19-23-15-24-27(19)14-16;/h4,6,12,15-17H,2-3,5,7-11,13-14H2,1H3,(H2,21,22,25);1H. The van der Waals surface area contributed by atoms with Crippen LogP contribution in [0.25, 0.3) is 0 Å². The first-order valence-corrected chi connectivity index (χ1v) is 10.5. The number of fused-ring (bicyclic) bond motifs is 1. The van der Waals surface area contributed by atoms with Gasteiger partial charge in [-0.2, -0.15) is 5.10 Å². The number of likely N-dealkylation sites (N-methyl/N-ethyl adjacent to an activating group) is 1. The molecule has 0 aliphatic carbocycles. The van der Waals surface area contributed by atoms with Gasteiger partial charge in [0.05, 0.1) is 19.4 Å². The Morgan fingerprint density at radius 2 is 2.31 bits per heavy atom. The number of hydrogen-bond acceptors (Lipinski definition) is 5. The lowest BCUT2D eigenvalue weighted by Crippen LogP contribution is -2.48. The highest BCUT2D eigenvalue weighted by atomic mass is 127. The number of likely N-dealkylation sites (tertiary alicyclic amines) is 1. The van der Waals surface area contributed by atoms with E-state index < -0.39 is 0 Å². The Morgan fingerprint density at radius 1 is 1.38 bits per heavy atom. The molecule has 2 aromatic rings. The number of aryl methyl sites for hydroxylation is 1. The molecule has 29 heavy (non-hydrogen) atoms. The number of nitrogens with zero attached hydrogens (tertiary/aromatic N) is 5. The number of guanidine groups is 1. The van der Waals surface area contributed by atoms with Crippen LogP contribution in [0.4, 0.5) is 0 Å². The minimum Gasteiger partial charge on any atom is -0.469 e. The third kappa shape index (κ3) is 5.94. The minimum absolute atomic E-state index is 0. The third-order valence-electron chi connectivity index (χ3n) is 5.76. The zero-order valence-electron chi connectivity index (χ0n) is 17.1. The van der Waals surface area contributed by atoms with Crippen LogP contribution in [0.1, 0.15) is 37.8 Å². The molecular formula is C20H32IN7O. The maximum atomic E-state index is 5.44. The lowest BCUT2D eigenvalue weighted by molar-refractivity contribution is 0.272. The fraction of sp³-hybridized carbons (Fsp3) is 0.650. The Balaban J connectivity index is 0.00000240. The summed E-state index contributed by atoms with van der Waals surface area (Å²) in [6, 6.07) is 4.81. The predicted molar refractivity (Wildman–Crippen MR) is 124 cm³/mol. The summed E-state index contributed by atoms with van der Waals surface area (Å²) < 4.78 is 7.44. The van der Waals surface area contributed by atoms with Crippen LogP contribution in [0.2, 0.25) is 0 Å². The van der Waals surface area contributed by atoms with E-state index in [4.69, 9.17) is 9.41 Å². The normalized spacial score (nSPS) is 22.2. The third-order valence-corrected chi connectivity index (χ3v) is 5.76. The Hall–Kier alpha value is -1.62. The van der Waals surface area contributed by atoms with Crippen LogP contribution >= 0.6 is 24.0 Å². The van der Waals surface area contributed by atoms with Crippen molar-refractivity contribution in [2.24, 2.45) is 4.99 Å². The summed E-state index contributed by atoms with van der Waals surface area (Å²) in [5.74, 6) is 2.96. The molecule has 0 saturated carbocycles. The smallest absolute Gasteiger partial charge is 0.191 e. The van der Waals surface area contributed by atoms with Gasteiger partial charge in [-0.15, -0.1) is 24.0 Å². The lowest BCUT2D eigenvalue weighted by atomic mass is 10.1. The number of furan rings is 1. The van der Waals surface area contributed by atoms with Crippen molar-refractivity contribution in [1.82, 2.24) is 30.3 Å². The fourth-order valence-electron chi connectivity index (χ4n) is 4.18. The van der Waals surface area contributed by atoms with E-state index in [0.29, 0.717) is 12.1 Å². The Morgan fingerprint density at radius 3 is 3.14 bits per heavy atom. The SMILES string of the molecule is CCN1CCCC1CN=C(NCCc1ccco1)NC1CCc2ncnn2C1.I. The topological polar surface area (TPSA) is 83.5 Å². The molecule has 0 bridgehead atoms. The van der Waals surface area contributed by atoms with Gasteiger partial charge >= 0.3 is 0 Å². The first-order chi connectivity index (χ1) is 13.8. The van der Waals surface area contributed by atoms with E-state index in [0.717, 1.165) is 63.0 Å². The molecule has 4 rings (SSSR count). The Kier molecular flexibility index (Phi) is 8.34. The van der Waals surface area contributed by atoms with Crippen molar-refractivity contribution >= 4 is 29.9 Å². The molecule has 4 heterocycles. The van der Waals surface area contributed by atoms with E-state index in [2.05, 4.69) is 32.5 Å². The van der Waals surface area contributed by atoms with Gasteiger partial charge in [0.1, 0.15) is 17.9 Å². The van der Waals surface area contributed by atoms with Gasteiger partial charge in [-0.05, 0) is 44.5 Å². The highest BCUT2D eigenvalue weighted by Crippen LogP contribution is 2.17. The molecule has 0 radical (unpaired) electrons. The molecule has 1 fully saturated rings. The van der Waals surface area contributed by atoms with Crippen molar-refractivity contribution in [3.8, 4) is 0 Å². The molecule has 2 aromatic heterocycles. The molecule has 2 aliphatic heterocycles. The number of hydrogen-bond donors (Lipinski definition) is 2. The minimum atomic E-state index is 0. The summed E-state index contributed by atoms with van der Waals surface area (Å²) in [7, 11) is 0. The fourth-order valence-corrected chi connectivity index (χ4v) is 4.18. The van der Waals surface area contributed by atoms with Gasteiger partial charge in [0, 0.05) is 31.5 Å². The maximum Gasteiger partial charge on any atom is 0.191 e. The van der Waals surface area contributed by atoms with Gasteiger partial charge in [-0.25, -0.2) is 9.67 Å². The molecule has 2 aliphatic rings. The van der Waals surface area contributed by atoms with E-state index in [-0.39, 0.29) is 24.0 Å². The number of aromatic nitrogens is 3. The van der Waals surface area contributed by atoms with Gasteiger partial charge < -0.3 is 15.1 Å². The zero-order valence-corrected chi connectivity index (χ0v) is 19.4. The number of aliphatic imine (C=N–C) groups is 1. The molecule has 8 nitrogen and oxygen atoms in total. The Bertz CT molecular complexity index is 761. The second-order valence-corrected chi connectivity index (χ2v) is 7.61. The van der Waals surface area contributed by atoms with Crippen LogP contribution in [0.5, 0.6) is 0 Å². The zero-order chi connectivity index (χ0) is 19.2.